The summed E-state index contributed by atoms with van der Waals surface area (Å²) in [5.74, 6) is 0.874. The maximum atomic E-state index is 12.6. The van der Waals surface area contributed by atoms with Crippen molar-refractivity contribution in [2.24, 2.45) is 0 Å². The molecule has 132 valence electrons. The minimum Gasteiger partial charge on any atom is -0.508 e. The molecule has 0 saturated carbocycles. The first-order valence-electron chi connectivity index (χ1n) is 8.28. The summed E-state index contributed by atoms with van der Waals surface area (Å²) in [7, 11) is 0. The van der Waals surface area contributed by atoms with Gasteiger partial charge in [0.05, 0.1) is 0 Å². The molecule has 5 nitrogen and oxygen atoms in total. The van der Waals surface area contributed by atoms with Crippen LogP contribution in [0.5, 0.6) is 11.5 Å². The molecule has 2 aromatic carbocycles. The number of piperazine rings is 1. The Kier molecular flexibility index (Phi) is 5.34. The van der Waals surface area contributed by atoms with Crippen molar-refractivity contribution in [2.45, 2.75) is 13.0 Å². The van der Waals surface area contributed by atoms with Gasteiger partial charge < -0.3 is 19.6 Å². The summed E-state index contributed by atoms with van der Waals surface area (Å²) in [4.78, 5) is 16.6. The SMILES string of the molecule is C[C@H](Oc1ccc(Cl)cc1)C(=O)N1CCN(c2ccc(O)cc2)CC1. The van der Waals surface area contributed by atoms with Gasteiger partial charge in [-0.25, -0.2) is 0 Å². The van der Waals surface area contributed by atoms with Crippen molar-refractivity contribution >= 4 is 23.2 Å². The van der Waals surface area contributed by atoms with Crippen molar-refractivity contribution in [1.29, 1.82) is 0 Å². The summed E-state index contributed by atoms with van der Waals surface area (Å²) < 4.78 is 5.72. The van der Waals surface area contributed by atoms with Gasteiger partial charge in [-0.05, 0) is 55.5 Å². The fourth-order valence-corrected chi connectivity index (χ4v) is 3.00. The van der Waals surface area contributed by atoms with E-state index in [1.807, 2.05) is 17.0 Å². The number of ether oxygens (including phenoxy) is 1. The van der Waals surface area contributed by atoms with Crippen LogP contribution in [0.15, 0.2) is 48.5 Å². The van der Waals surface area contributed by atoms with Crippen LogP contribution in [0.25, 0.3) is 0 Å². The Morgan fingerprint density at radius 1 is 1.04 bits per heavy atom. The Labute approximate surface area is 152 Å². The van der Waals surface area contributed by atoms with Gasteiger partial charge in [0.1, 0.15) is 11.5 Å². The number of benzene rings is 2. The van der Waals surface area contributed by atoms with E-state index in [1.54, 1.807) is 43.3 Å². The number of rotatable bonds is 4. The molecule has 1 fully saturated rings. The molecule has 0 unspecified atom stereocenters. The van der Waals surface area contributed by atoms with Crippen LogP contribution in [0.3, 0.4) is 0 Å². The van der Waals surface area contributed by atoms with Crippen LogP contribution >= 0.6 is 11.6 Å². The number of phenols is 1. The number of hydrogen-bond donors (Lipinski definition) is 1. The molecule has 0 aliphatic carbocycles. The third-order valence-electron chi connectivity index (χ3n) is 4.28. The molecule has 1 amide bonds. The van der Waals surface area contributed by atoms with Gasteiger partial charge in [-0.3, -0.25) is 4.79 Å². The minimum atomic E-state index is -0.540. The Balaban J connectivity index is 1.53. The Hall–Kier alpha value is -2.40. The van der Waals surface area contributed by atoms with Crippen LogP contribution in [0.1, 0.15) is 6.92 Å². The van der Waals surface area contributed by atoms with Crippen LogP contribution in [0.2, 0.25) is 5.02 Å². The zero-order valence-corrected chi connectivity index (χ0v) is 14.8. The molecule has 1 aliphatic heterocycles. The van der Waals surface area contributed by atoms with Crippen molar-refractivity contribution in [3.05, 3.63) is 53.6 Å². The molecule has 6 heteroatoms. The van der Waals surface area contributed by atoms with Gasteiger partial charge in [0.25, 0.3) is 5.91 Å². The van der Waals surface area contributed by atoms with E-state index in [2.05, 4.69) is 4.90 Å². The predicted octanol–water partition coefficient (Wildman–Crippen LogP) is 3.16. The second-order valence-corrected chi connectivity index (χ2v) is 6.48. The van der Waals surface area contributed by atoms with E-state index in [-0.39, 0.29) is 11.7 Å². The van der Waals surface area contributed by atoms with Gasteiger partial charge in [-0.1, -0.05) is 11.6 Å². The lowest BCUT2D eigenvalue weighted by Gasteiger charge is -2.37. The van der Waals surface area contributed by atoms with E-state index in [4.69, 9.17) is 16.3 Å². The van der Waals surface area contributed by atoms with Crippen molar-refractivity contribution in [2.75, 3.05) is 31.1 Å². The van der Waals surface area contributed by atoms with Gasteiger partial charge in [0, 0.05) is 36.9 Å². The molecular weight excluding hydrogens is 340 g/mol. The maximum absolute atomic E-state index is 12.6. The monoisotopic (exact) mass is 360 g/mol. The van der Waals surface area contributed by atoms with Gasteiger partial charge >= 0.3 is 0 Å². The normalized spacial score (nSPS) is 15.8. The van der Waals surface area contributed by atoms with Crippen LogP contribution in [0, 0.1) is 0 Å². The van der Waals surface area contributed by atoms with Crippen molar-refractivity contribution in [3.63, 3.8) is 0 Å². The molecular formula is C19H21ClN2O3. The fourth-order valence-electron chi connectivity index (χ4n) is 2.87. The first-order valence-corrected chi connectivity index (χ1v) is 8.66. The quantitative estimate of drug-likeness (QED) is 0.910. The topological polar surface area (TPSA) is 53.0 Å². The van der Waals surface area contributed by atoms with Crippen molar-refractivity contribution in [1.82, 2.24) is 4.90 Å². The van der Waals surface area contributed by atoms with Crippen LogP contribution in [0.4, 0.5) is 5.69 Å². The molecule has 1 aliphatic rings. The first-order chi connectivity index (χ1) is 12.0. The zero-order chi connectivity index (χ0) is 17.8. The summed E-state index contributed by atoms with van der Waals surface area (Å²) in [5.41, 5.74) is 1.05. The number of carbonyl (C=O) groups is 1. The number of carbonyl (C=O) groups excluding carboxylic acids is 1. The lowest BCUT2D eigenvalue weighted by molar-refractivity contribution is -0.138. The first kappa shape index (κ1) is 17.4. The molecule has 1 saturated heterocycles. The molecule has 0 bridgehead atoms. The number of aromatic hydroxyl groups is 1. The van der Waals surface area contributed by atoms with E-state index in [0.29, 0.717) is 23.9 Å². The average Bonchev–Trinajstić information content (AvgIpc) is 2.64. The standard InChI is InChI=1S/C19H21ClN2O3/c1-14(25-18-8-2-15(20)3-9-18)19(24)22-12-10-21(11-13-22)16-4-6-17(23)7-5-16/h2-9,14,23H,10-13H2,1H3/t14-/m0/s1. The highest BCUT2D eigenvalue weighted by Crippen LogP contribution is 2.21. The van der Waals surface area contributed by atoms with Crippen molar-refractivity contribution in [3.8, 4) is 11.5 Å². The molecule has 1 atom stereocenters. The average molecular weight is 361 g/mol. The highest BCUT2D eigenvalue weighted by molar-refractivity contribution is 6.30. The largest absolute Gasteiger partial charge is 0.508 e. The molecule has 1 N–H and O–H groups in total. The number of phenolic OH excluding ortho intramolecular Hbond substituents is 1. The summed E-state index contributed by atoms with van der Waals surface area (Å²) in [6.07, 6.45) is -0.540. The van der Waals surface area contributed by atoms with Gasteiger partial charge in [-0.15, -0.1) is 0 Å². The fraction of sp³-hybridized carbons (Fsp3) is 0.316. The summed E-state index contributed by atoms with van der Waals surface area (Å²) in [6.45, 7) is 4.57. The molecule has 0 spiro atoms. The molecule has 0 aromatic heterocycles. The third-order valence-corrected chi connectivity index (χ3v) is 4.53. The number of halogens is 1. The summed E-state index contributed by atoms with van der Waals surface area (Å²) in [5, 5.41) is 10.0. The Morgan fingerprint density at radius 2 is 1.64 bits per heavy atom. The number of amides is 1. The summed E-state index contributed by atoms with van der Waals surface area (Å²) >= 11 is 5.86. The molecule has 3 rings (SSSR count). The smallest absolute Gasteiger partial charge is 0.263 e. The number of nitrogens with zero attached hydrogens (tertiary/aromatic N) is 2. The predicted molar refractivity (Wildman–Crippen MR) is 98.4 cm³/mol. The van der Waals surface area contributed by atoms with E-state index >= 15 is 0 Å². The van der Waals surface area contributed by atoms with Crippen LogP contribution in [-0.4, -0.2) is 48.2 Å². The number of hydrogen-bond acceptors (Lipinski definition) is 4. The van der Waals surface area contributed by atoms with Gasteiger partial charge in [0.2, 0.25) is 0 Å². The lowest BCUT2D eigenvalue weighted by Crippen LogP contribution is -2.52. The zero-order valence-electron chi connectivity index (χ0n) is 14.1. The highest BCUT2D eigenvalue weighted by atomic mass is 35.5. The highest BCUT2D eigenvalue weighted by Gasteiger charge is 2.26. The van der Waals surface area contributed by atoms with E-state index in [0.717, 1.165) is 18.8 Å². The maximum Gasteiger partial charge on any atom is 0.263 e. The Bertz CT molecular complexity index is 710. The molecule has 2 aromatic rings. The second-order valence-electron chi connectivity index (χ2n) is 6.04. The second kappa shape index (κ2) is 7.66. The van der Waals surface area contributed by atoms with E-state index in [9.17, 15) is 9.90 Å². The molecule has 1 heterocycles. The summed E-state index contributed by atoms with van der Waals surface area (Å²) in [6, 6.07) is 14.1. The molecule has 0 radical (unpaired) electrons. The van der Waals surface area contributed by atoms with Gasteiger partial charge in [0.15, 0.2) is 6.10 Å². The lowest BCUT2D eigenvalue weighted by atomic mass is 10.2. The Morgan fingerprint density at radius 3 is 2.24 bits per heavy atom. The minimum absolute atomic E-state index is 0.0136. The third kappa shape index (κ3) is 4.37. The van der Waals surface area contributed by atoms with E-state index < -0.39 is 6.10 Å². The van der Waals surface area contributed by atoms with Gasteiger partial charge in [-0.2, -0.15) is 0 Å². The van der Waals surface area contributed by atoms with Crippen LogP contribution in [-0.2, 0) is 4.79 Å². The molecule has 25 heavy (non-hydrogen) atoms. The number of anilines is 1. The van der Waals surface area contributed by atoms with E-state index in [1.165, 1.54) is 0 Å². The van der Waals surface area contributed by atoms with Crippen molar-refractivity contribution < 1.29 is 14.6 Å². The van der Waals surface area contributed by atoms with Crippen LogP contribution < -0.4 is 9.64 Å².